The van der Waals surface area contributed by atoms with Gasteiger partial charge in [0, 0.05) is 0 Å². The Morgan fingerprint density at radius 1 is 1.40 bits per heavy atom. The maximum absolute atomic E-state index is 11.1. The third kappa shape index (κ3) is 3.58. The van der Waals surface area contributed by atoms with Crippen molar-refractivity contribution >= 4 is 35.0 Å². The Kier molecular flexibility index (Phi) is 4.68. The number of halogens is 2. The van der Waals surface area contributed by atoms with Crippen molar-refractivity contribution in [1.29, 1.82) is 0 Å². The van der Waals surface area contributed by atoms with E-state index in [0.717, 1.165) is 0 Å². The first-order chi connectivity index (χ1) is 7.15. The predicted molar refractivity (Wildman–Crippen MR) is 58.5 cm³/mol. The number of amides is 1. The molecule has 2 N–H and O–H groups in total. The maximum atomic E-state index is 11.1. The van der Waals surface area contributed by atoms with Gasteiger partial charge in [-0.3, -0.25) is 5.32 Å². The monoisotopic (exact) mass is 249 g/mol. The van der Waals surface area contributed by atoms with E-state index in [0.29, 0.717) is 15.7 Å². The molecule has 0 bridgehead atoms. The lowest BCUT2D eigenvalue weighted by molar-refractivity contribution is 0.131. The molecule has 0 unspecified atom stereocenters. The van der Waals surface area contributed by atoms with Crippen LogP contribution in [0.5, 0.6) is 0 Å². The number of carbonyl (C=O) groups is 1. The molecule has 0 heterocycles. The number of benzene rings is 1. The molecule has 0 aromatic heterocycles. The van der Waals surface area contributed by atoms with Gasteiger partial charge in [0.2, 0.25) is 0 Å². The van der Waals surface area contributed by atoms with E-state index in [4.69, 9.17) is 28.3 Å². The number of rotatable bonds is 3. The molecule has 0 aliphatic carbocycles. The van der Waals surface area contributed by atoms with Gasteiger partial charge in [-0.05, 0) is 12.1 Å². The van der Waals surface area contributed by atoms with Crippen molar-refractivity contribution in [2.45, 2.75) is 0 Å². The summed E-state index contributed by atoms with van der Waals surface area (Å²) in [5, 5.41) is 11.5. The molecule has 0 aliphatic rings. The van der Waals surface area contributed by atoms with Gasteiger partial charge in [0.15, 0.2) is 0 Å². The van der Waals surface area contributed by atoms with Crippen molar-refractivity contribution in [2.75, 3.05) is 18.5 Å². The molecule has 0 aliphatic heterocycles. The molecule has 4 nitrogen and oxygen atoms in total. The van der Waals surface area contributed by atoms with E-state index in [2.05, 4.69) is 10.1 Å². The predicted octanol–water partition coefficient (Wildman–Crippen LogP) is 2.53. The summed E-state index contributed by atoms with van der Waals surface area (Å²) in [4.78, 5) is 11.1. The molecule has 0 fully saturated rings. The molecule has 6 heteroatoms. The second-order valence-electron chi connectivity index (χ2n) is 2.58. The summed E-state index contributed by atoms with van der Waals surface area (Å²) in [6, 6.07) is 4.85. The van der Waals surface area contributed by atoms with Crippen LogP contribution in [-0.2, 0) is 4.74 Å². The third-order valence-electron chi connectivity index (χ3n) is 1.51. The molecule has 0 saturated carbocycles. The van der Waals surface area contributed by atoms with Crippen LogP contribution in [0.2, 0.25) is 10.0 Å². The molecule has 1 aromatic carbocycles. The average Bonchev–Trinajstić information content (AvgIpc) is 2.21. The van der Waals surface area contributed by atoms with Crippen LogP contribution >= 0.6 is 23.2 Å². The van der Waals surface area contributed by atoms with Gasteiger partial charge in [-0.25, -0.2) is 4.79 Å². The van der Waals surface area contributed by atoms with Crippen molar-refractivity contribution < 1.29 is 14.6 Å². The van der Waals surface area contributed by atoms with Crippen molar-refractivity contribution in [3.8, 4) is 0 Å². The van der Waals surface area contributed by atoms with E-state index in [1.54, 1.807) is 18.2 Å². The van der Waals surface area contributed by atoms with Crippen LogP contribution in [0.15, 0.2) is 18.2 Å². The number of anilines is 1. The fraction of sp³-hybridized carbons (Fsp3) is 0.222. The fourth-order valence-corrected chi connectivity index (χ4v) is 1.39. The number of hydrogen-bond donors (Lipinski definition) is 2. The summed E-state index contributed by atoms with van der Waals surface area (Å²) in [6.07, 6.45) is -0.709. The molecule has 0 spiro atoms. The SMILES string of the molecule is O=C(Nc1c(Cl)cccc1Cl)OCCO. The molecule has 1 rings (SSSR count). The summed E-state index contributed by atoms with van der Waals surface area (Å²) in [6.45, 7) is -0.308. The Morgan fingerprint density at radius 2 is 2.00 bits per heavy atom. The highest BCUT2D eigenvalue weighted by molar-refractivity contribution is 6.39. The number of hydrogen-bond acceptors (Lipinski definition) is 3. The summed E-state index contributed by atoms with van der Waals surface area (Å²) in [5.74, 6) is 0. The van der Waals surface area contributed by atoms with Crippen molar-refractivity contribution in [1.82, 2.24) is 0 Å². The smallest absolute Gasteiger partial charge is 0.411 e. The highest BCUT2D eigenvalue weighted by atomic mass is 35.5. The zero-order chi connectivity index (χ0) is 11.3. The van der Waals surface area contributed by atoms with E-state index in [-0.39, 0.29) is 13.2 Å². The van der Waals surface area contributed by atoms with Gasteiger partial charge in [0.05, 0.1) is 22.3 Å². The molecule has 1 amide bonds. The molecule has 0 saturated heterocycles. The van der Waals surface area contributed by atoms with E-state index in [1.165, 1.54) is 0 Å². The second-order valence-corrected chi connectivity index (χ2v) is 3.40. The van der Waals surface area contributed by atoms with Gasteiger partial charge in [0.1, 0.15) is 6.61 Å². The topological polar surface area (TPSA) is 58.6 Å². The second kappa shape index (κ2) is 5.80. The highest BCUT2D eigenvalue weighted by Gasteiger charge is 2.09. The van der Waals surface area contributed by atoms with E-state index in [9.17, 15) is 4.79 Å². The Balaban J connectivity index is 2.68. The van der Waals surface area contributed by atoms with Crippen LogP contribution in [0.25, 0.3) is 0 Å². The van der Waals surface area contributed by atoms with Crippen LogP contribution in [0.1, 0.15) is 0 Å². The van der Waals surface area contributed by atoms with Crippen LogP contribution in [-0.4, -0.2) is 24.4 Å². The van der Waals surface area contributed by atoms with Gasteiger partial charge in [-0.2, -0.15) is 0 Å². The first-order valence-electron chi connectivity index (χ1n) is 4.14. The molecule has 0 radical (unpaired) electrons. The Labute approximate surface area is 96.8 Å². The molecular weight excluding hydrogens is 241 g/mol. The number of aliphatic hydroxyl groups is 1. The van der Waals surface area contributed by atoms with Crippen LogP contribution in [0.4, 0.5) is 10.5 Å². The molecule has 82 valence electrons. The van der Waals surface area contributed by atoms with Crippen LogP contribution in [0.3, 0.4) is 0 Å². The summed E-state index contributed by atoms with van der Waals surface area (Å²) in [7, 11) is 0. The van der Waals surface area contributed by atoms with Gasteiger partial charge in [-0.1, -0.05) is 29.3 Å². The molecular formula is C9H9Cl2NO3. The minimum atomic E-state index is -0.709. The standard InChI is InChI=1S/C9H9Cl2NO3/c10-6-2-1-3-7(11)8(6)12-9(14)15-5-4-13/h1-3,13H,4-5H2,(H,12,14). The number of ether oxygens (including phenoxy) is 1. The van der Waals surface area contributed by atoms with Gasteiger partial charge in [-0.15, -0.1) is 0 Å². The summed E-state index contributed by atoms with van der Waals surface area (Å²) < 4.78 is 4.59. The van der Waals surface area contributed by atoms with E-state index in [1.807, 2.05) is 0 Å². The lowest BCUT2D eigenvalue weighted by atomic mass is 10.3. The van der Waals surface area contributed by atoms with Crippen molar-refractivity contribution in [3.05, 3.63) is 28.2 Å². The number of carbonyl (C=O) groups excluding carboxylic acids is 1. The van der Waals surface area contributed by atoms with E-state index >= 15 is 0 Å². The fourth-order valence-electron chi connectivity index (χ4n) is 0.894. The average molecular weight is 250 g/mol. The zero-order valence-electron chi connectivity index (χ0n) is 7.67. The van der Waals surface area contributed by atoms with Crippen LogP contribution < -0.4 is 5.32 Å². The minimum absolute atomic E-state index is 0.0755. The van der Waals surface area contributed by atoms with Crippen LogP contribution in [0, 0.1) is 0 Å². The Morgan fingerprint density at radius 3 is 2.53 bits per heavy atom. The summed E-state index contributed by atoms with van der Waals surface area (Å²) >= 11 is 11.6. The lowest BCUT2D eigenvalue weighted by Gasteiger charge is -2.08. The van der Waals surface area contributed by atoms with E-state index < -0.39 is 6.09 Å². The van der Waals surface area contributed by atoms with Crippen molar-refractivity contribution in [2.24, 2.45) is 0 Å². The number of aliphatic hydroxyl groups excluding tert-OH is 1. The highest BCUT2D eigenvalue weighted by Crippen LogP contribution is 2.29. The normalized spacial score (nSPS) is 9.80. The quantitative estimate of drug-likeness (QED) is 0.866. The number of nitrogens with one attached hydrogen (secondary N) is 1. The zero-order valence-corrected chi connectivity index (χ0v) is 9.18. The number of para-hydroxylation sites is 1. The lowest BCUT2D eigenvalue weighted by Crippen LogP contribution is -2.16. The molecule has 0 atom stereocenters. The first kappa shape index (κ1) is 12.1. The van der Waals surface area contributed by atoms with Crippen molar-refractivity contribution in [3.63, 3.8) is 0 Å². The Bertz CT molecular complexity index is 337. The molecule has 1 aromatic rings. The van der Waals surface area contributed by atoms with Gasteiger partial charge in [0.25, 0.3) is 0 Å². The third-order valence-corrected chi connectivity index (χ3v) is 2.14. The van der Waals surface area contributed by atoms with Gasteiger partial charge >= 0.3 is 6.09 Å². The molecule has 15 heavy (non-hydrogen) atoms. The van der Waals surface area contributed by atoms with Gasteiger partial charge < -0.3 is 9.84 Å². The first-order valence-corrected chi connectivity index (χ1v) is 4.89. The largest absolute Gasteiger partial charge is 0.447 e. The maximum Gasteiger partial charge on any atom is 0.411 e. The summed E-state index contributed by atoms with van der Waals surface area (Å²) in [5.41, 5.74) is 0.295. The Hall–Kier alpha value is -0.970. The minimum Gasteiger partial charge on any atom is -0.447 e.